The van der Waals surface area contributed by atoms with E-state index < -0.39 is 23.5 Å². The molecule has 1 amide bonds. The number of nitrogens with zero attached hydrogens (tertiary/aromatic N) is 4. The largest absolute Gasteiger partial charge is 0.507 e. The molecule has 152 valence electrons. The minimum atomic E-state index is -0.984. The van der Waals surface area contributed by atoms with Crippen LogP contribution in [0.4, 0.5) is 5.13 Å². The number of ether oxygens (including phenoxy) is 1. The molecule has 1 aliphatic heterocycles. The predicted octanol–water partition coefficient (Wildman–Crippen LogP) is 3.53. The average Bonchev–Trinajstić information content (AvgIpc) is 3.29. The Morgan fingerprint density at radius 2 is 2.03 bits per heavy atom. The first-order chi connectivity index (χ1) is 14.4. The molecule has 0 saturated carbocycles. The summed E-state index contributed by atoms with van der Waals surface area (Å²) in [7, 11) is 1.43. The van der Waals surface area contributed by atoms with Gasteiger partial charge in [-0.25, -0.2) is 0 Å². The van der Waals surface area contributed by atoms with Gasteiger partial charge in [-0.15, -0.1) is 10.2 Å². The minimum absolute atomic E-state index is 0.132. The molecular weight excluding hydrogens is 428 g/mol. The third kappa shape index (κ3) is 3.31. The summed E-state index contributed by atoms with van der Waals surface area (Å²) in [5, 5.41) is 20.3. The van der Waals surface area contributed by atoms with Crippen molar-refractivity contribution in [1.82, 2.24) is 15.2 Å². The molecule has 1 atom stereocenters. The number of halogens is 1. The molecule has 1 saturated heterocycles. The predicted molar refractivity (Wildman–Crippen MR) is 112 cm³/mol. The zero-order valence-corrected chi connectivity index (χ0v) is 17.4. The number of Topliss-reactive ketones (excluding diaryl/α,β-unsaturated/α-hetero) is 1. The Labute approximate surface area is 180 Å². The maximum absolute atomic E-state index is 13.0. The van der Waals surface area contributed by atoms with Gasteiger partial charge in [0.25, 0.3) is 5.78 Å². The van der Waals surface area contributed by atoms with E-state index in [2.05, 4.69) is 15.2 Å². The first-order valence-electron chi connectivity index (χ1n) is 8.78. The normalized spacial score (nSPS) is 18.1. The lowest BCUT2D eigenvalue weighted by atomic mass is 9.98. The molecular formula is C20H15ClN4O4S. The number of anilines is 1. The number of hydrogen-bond acceptors (Lipinski definition) is 8. The van der Waals surface area contributed by atoms with Gasteiger partial charge in [-0.2, -0.15) is 0 Å². The van der Waals surface area contributed by atoms with Gasteiger partial charge in [0.05, 0.1) is 23.9 Å². The van der Waals surface area contributed by atoms with E-state index in [0.717, 1.165) is 11.3 Å². The summed E-state index contributed by atoms with van der Waals surface area (Å²) in [5.74, 6) is -1.80. The molecule has 2 aromatic heterocycles. The van der Waals surface area contributed by atoms with Crippen LogP contribution in [0.5, 0.6) is 5.75 Å². The van der Waals surface area contributed by atoms with Gasteiger partial charge in [0, 0.05) is 11.2 Å². The summed E-state index contributed by atoms with van der Waals surface area (Å²) in [6, 6.07) is 8.75. The van der Waals surface area contributed by atoms with Crippen molar-refractivity contribution in [3.05, 3.63) is 69.5 Å². The van der Waals surface area contributed by atoms with Gasteiger partial charge in [-0.05, 0) is 37.3 Å². The van der Waals surface area contributed by atoms with E-state index in [0.29, 0.717) is 21.5 Å². The van der Waals surface area contributed by atoms with Crippen LogP contribution in [0.2, 0.25) is 5.02 Å². The van der Waals surface area contributed by atoms with Crippen LogP contribution in [0, 0.1) is 6.92 Å². The van der Waals surface area contributed by atoms with E-state index in [-0.39, 0.29) is 16.3 Å². The van der Waals surface area contributed by atoms with Gasteiger partial charge in [0.15, 0.2) is 0 Å². The number of pyridine rings is 1. The number of ketones is 1. The third-order valence-electron chi connectivity index (χ3n) is 4.55. The fraction of sp³-hybridized carbons (Fsp3) is 0.150. The van der Waals surface area contributed by atoms with Crippen LogP contribution < -0.4 is 9.64 Å². The van der Waals surface area contributed by atoms with Crippen molar-refractivity contribution in [3.63, 3.8) is 0 Å². The fourth-order valence-electron chi connectivity index (χ4n) is 3.24. The number of rotatable bonds is 4. The topological polar surface area (TPSA) is 106 Å². The Kier molecular flexibility index (Phi) is 5.23. The second-order valence-corrected chi connectivity index (χ2v) is 7.97. The van der Waals surface area contributed by atoms with Crippen molar-refractivity contribution < 1.29 is 19.4 Å². The number of benzene rings is 1. The van der Waals surface area contributed by atoms with Crippen molar-refractivity contribution in [3.8, 4) is 5.75 Å². The van der Waals surface area contributed by atoms with E-state index in [9.17, 15) is 14.7 Å². The number of amides is 1. The van der Waals surface area contributed by atoms with Gasteiger partial charge in [0.1, 0.15) is 22.6 Å². The Morgan fingerprint density at radius 1 is 1.23 bits per heavy atom. The molecule has 10 heteroatoms. The summed E-state index contributed by atoms with van der Waals surface area (Å²) in [5.41, 5.74) is 0.455. The number of carbonyl (C=O) groups is 2. The lowest BCUT2D eigenvalue weighted by Gasteiger charge is -2.21. The van der Waals surface area contributed by atoms with E-state index in [1.807, 2.05) is 0 Å². The molecule has 8 nitrogen and oxygen atoms in total. The van der Waals surface area contributed by atoms with Gasteiger partial charge in [-0.1, -0.05) is 29.0 Å². The van der Waals surface area contributed by atoms with E-state index in [4.69, 9.17) is 16.3 Å². The molecule has 4 rings (SSSR count). The van der Waals surface area contributed by atoms with E-state index in [1.54, 1.807) is 43.5 Å². The molecule has 30 heavy (non-hydrogen) atoms. The molecule has 1 N–H and O–H groups in total. The van der Waals surface area contributed by atoms with Crippen molar-refractivity contribution in [2.75, 3.05) is 12.0 Å². The number of aliphatic hydroxyl groups excluding tert-OH is 1. The summed E-state index contributed by atoms with van der Waals surface area (Å²) < 4.78 is 5.30. The lowest BCUT2D eigenvalue weighted by molar-refractivity contribution is -0.132. The first kappa shape index (κ1) is 20.0. The highest BCUT2D eigenvalue weighted by Gasteiger charge is 2.49. The van der Waals surface area contributed by atoms with Crippen LogP contribution in [-0.2, 0) is 9.59 Å². The molecule has 3 heterocycles. The number of hydrogen-bond donors (Lipinski definition) is 1. The van der Waals surface area contributed by atoms with Crippen molar-refractivity contribution in [1.29, 1.82) is 0 Å². The van der Waals surface area contributed by atoms with Crippen LogP contribution in [0.15, 0.2) is 48.2 Å². The Bertz CT molecular complexity index is 1180. The highest BCUT2D eigenvalue weighted by Crippen LogP contribution is 2.43. The van der Waals surface area contributed by atoms with Crippen molar-refractivity contribution >= 4 is 45.5 Å². The molecule has 1 aromatic carbocycles. The number of aliphatic hydroxyl groups is 1. The van der Waals surface area contributed by atoms with Crippen LogP contribution in [0.3, 0.4) is 0 Å². The lowest BCUT2D eigenvalue weighted by Crippen LogP contribution is -2.29. The Hall–Kier alpha value is -3.30. The quantitative estimate of drug-likeness (QED) is 0.374. The molecule has 0 bridgehead atoms. The summed E-state index contributed by atoms with van der Waals surface area (Å²) in [6.45, 7) is 1.74. The number of aromatic nitrogens is 3. The standard InChI is InChI=1S/C20H15ClN4O4S/c1-10-23-24-20(30-10)25-16(13-5-3-4-8-22-13)15(18(27)19(25)28)17(26)12-9-11(21)6-7-14(12)29-2/h3-9,16,26H,1-2H3. The molecule has 3 aromatic rings. The molecule has 1 aliphatic rings. The van der Waals surface area contributed by atoms with Gasteiger partial charge in [0.2, 0.25) is 5.13 Å². The number of carbonyl (C=O) groups excluding carboxylic acids is 2. The number of aryl methyl sites for hydroxylation is 1. The average molecular weight is 443 g/mol. The second kappa shape index (κ2) is 7.85. The molecule has 0 aliphatic carbocycles. The maximum Gasteiger partial charge on any atom is 0.302 e. The van der Waals surface area contributed by atoms with Crippen LogP contribution in [-0.4, -0.2) is 39.1 Å². The van der Waals surface area contributed by atoms with Crippen LogP contribution in [0.1, 0.15) is 22.3 Å². The van der Waals surface area contributed by atoms with Crippen LogP contribution in [0.25, 0.3) is 5.76 Å². The smallest absolute Gasteiger partial charge is 0.302 e. The fourth-order valence-corrected chi connectivity index (χ4v) is 4.13. The Morgan fingerprint density at radius 3 is 2.67 bits per heavy atom. The van der Waals surface area contributed by atoms with Gasteiger partial charge >= 0.3 is 5.91 Å². The molecule has 0 radical (unpaired) electrons. The first-order valence-corrected chi connectivity index (χ1v) is 9.97. The summed E-state index contributed by atoms with van der Waals surface area (Å²) >= 11 is 7.25. The molecule has 1 unspecified atom stereocenters. The van der Waals surface area contributed by atoms with E-state index >= 15 is 0 Å². The highest BCUT2D eigenvalue weighted by atomic mass is 35.5. The van der Waals surface area contributed by atoms with Gasteiger partial charge < -0.3 is 9.84 Å². The van der Waals surface area contributed by atoms with Crippen molar-refractivity contribution in [2.24, 2.45) is 0 Å². The van der Waals surface area contributed by atoms with Gasteiger partial charge in [-0.3, -0.25) is 19.5 Å². The molecule has 1 fully saturated rings. The zero-order valence-electron chi connectivity index (χ0n) is 15.9. The van der Waals surface area contributed by atoms with E-state index in [1.165, 1.54) is 18.1 Å². The second-order valence-electron chi connectivity index (χ2n) is 6.37. The Balaban J connectivity index is 1.98. The SMILES string of the molecule is COc1ccc(Cl)cc1C(O)=C1C(=O)C(=O)N(c2nnc(C)s2)C1c1ccccn1. The highest BCUT2D eigenvalue weighted by molar-refractivity contribution is 7.15. The van der Waals surface area contributed by atoms with Crippen LogP contribution >= 0.6 is 22.9 Å². The summed E-state index contributed by atoms with van der Waals surface area (Å²) in [6.07, 6.45) is 1.54. The maximum atomic E-state index is 13.0. The monoisotopic (exact) mass is 442 g/mol. The molecule has 0 spiro atoms. The minimum Gasteiger partial charge on any atom is -0.507 e. The number of methoxy groups -OCH3 is 1. The third-order valence-corrected chi connectivity index (χ3v) is 5.62. The summed E-state index contributed by atoms with van der Waals surface area (Å²) in [4.78, 5) is 31.5. The zero-order chi connectivity index (χ0) is 21.4. The van der Waals surface area contributed by atoms with Crippen molar-refractivity contribution in [2.45, 2.75) is 13.0 Å².